The number of piperazine rings is 1. The van der Waals surface area contributed by atoms with Crippen molar-refractivity contribution in [3.05, 3.63) is 0 Å². The maximum atomic E-state index is 12.2. The van der Waals surface area contributed by atoms with Crippen LogP contribution in [0.1, 0.15) is 27.2 Å². The molecule has 2 heterocycles. The highest BCUT2D eigenvalue weighted by molar-refractivity contribution is 7.97. The normalized spacial score (nSPS) is 32.2. The average molecular weight is 274 g/mol. The van der Waals surface area contributed by atoms with Crippen LogP contribution in [0.25, 0.3) is 0 Å². The van der Waals surface area contributed by atoms with E-state index in [1.165, 1.54) is 0 Å². The highest BCUT2D eigenvalue weighted by atomic mass is 32.2. The van der Waals surface area contributed by atoms with Crippen molar-refractivity contribution in [2.75, 3.05) is 25.4 Å². The molecule has 104 valence electrons. The quantitative estimate of drug-likeness (QED) is 0.731. The molecule has 5 nitrogen and oxygen atoms in total. The molecule has 1 N–H and O–H groups in total. The number of aliphatic hydroxyl groups is 1. The molecular weight excluding hydrogens is 252 g/mol. The fourth-order valence-electron chi connectivity index (χ4n) is 2.33. The zero-order chi connectivity index (χ0) is 13.3. The van der Waals surface area contributed by atoms with E-state index in [2.05, 4.69) is 4.31 Å². The minimum Gasteiger partial charge on any atom is -0.444 e. The molecule has 0 aliphatic carbocycles. The Labute approximate surface area is 113 Å². The molecule has 18 heavy (non-hydrogen) atoms. The summed E-state index contributed by atoms with van der Waals surface area (Å²) < 4.78 is 7.64. The molecule has 0 aromatic carbocycles. The molecule has 2 rings (SSSR count). The lowest BCUT2D eigenvalue weighted by atomic mass is 10.1. The van der Waals surface area contributed by atoms with E-state index < -0.39 is 5.60 Å². The zero-order valence-corrected chi connectivity index (χ0v) is 12.1. The number of aliphatic hydroxyl groups excluding tert-OH is 1. The van der Waals surface area contributed by atoms with Crippen molar-refractivity contribution >= 4 is 18.0 Å². The number of hydrogen-bond acceptors (Lipinski definition) is 5. The molecule has 2 aliphatic rings. The van der Waals surface area contributed by atoms with E-state index in [1.807, 2.05) is 20.8 Å². The lowest BCUT2D eigenvalue weighted by Gasteiger charge is -2.48. The van der Waals surface area contributed by atoms with Crippen LogP contribution in [-0.4, -0.2) is 63.5 Å². The molecule has 1 amide bonds. The van der Waals surface area contributed by atoms with Gasteiger partial charge in [0.1, 0.15) is 5.60 Å². The lowest BCUT2D eigenvalue weighted by Crippen LogP contribution is -2.61. The first-order valence-corrected chi connectivity index (χ1v) is 7.35. The lowest BCUT2D eigenvalue weighted by molar-refractivity contribution is -0.00880. The van der Waals surface area contributed by atoms with E-state index in [1.54, 1.807) is 16.8 Å². The van der Waals surface area contributed by atoms with Crippen molar-refractivity contribution in [3.63, 3.8) is 0 Å². The van der Waals surface area contributed by atoms with Crippen LogP contribution in [0.5, 0.6) is 0 Å². The van der Waals surface area contributed by atoms with E-state index in [4.69, 9.17) is 4.74 Å². The molecule has 6 heteroatoms. The van der Waals surface area contributed by atoms with Gasteiger partial charge in [0, 0.05) is 24.9 Å². The van der Waals surface area contributed by atoms with E-state index >= 15 is 0 Å². The summed E-state index contributed by atoms with van der Waals surface area (Å²) in [5.41, 5.74) is -0.466. The first-order valence-electron chi connectivity index (χ1n) is 6.41. The minimum atomic E-state index is -0.466. The smallest absolute Gasteiger partial charge is 0.410 e. The Morgan fingerprint density at radius 1 is 1.44 bits per heavy atom. The molecule has 3 atom stereocenters. The molecule has 2 saturated heterocycles. The fraction of sp³-hybridized carbons (Fsp3) is 0.917. The number of amides is 1. The minimum absolute atomic E-state index is 0.0269. The predicted molar refractivity (Wildman–Crippen MR) is 71.4 cm³/mol. The second-order valence-corrected chi connectivity index (χ2v) is 6.98. The first-order chi connectivity index (χ1) is 8.40. The van der Waals surface area contributed by atoms with Crippen LogP contribution in [0.4, 0.5) is 4.79 Å². The van der Waals surface area contributed by atoms with Crippen LogP contribution in [0.15, 0.2) is 0 Å². The third-order valence-corrected chi connectivity index (χ3v) is 4.39. The van der Waals surface area contributed by atoms with Crippen LogP contribution in [-0.2, 0) is 4.74 Å². The molecular formula is C12H22N2O3S. The van der Waals surface area contributed by atoms with Crippen LogP contribution in [0, 0.1) is 0 Å². The van der Waals surface area contributed by atoms with Crippen molar-refractivity contribution in [1.82, 2.24) is 9.21 Å². The Kier molecular flexibility index (Phi) is 4.08. The van der Waals surface area contributed by atoms with Gasteiger partial charge in [0.05, 0.1) is 12.6 Å². The summed E-state index contributed by atoms with van der Waals surface area (Å²) in [5.74, 6) is 1.00. The van der Waals surface area contributed by atoms with Crippen LogP contribution >= 0.6 is 11.9 Å². The fourth-order valence-corrected chi connectivity index (χ4v) is 3.56. The van der Waals surface area contributed by atoms with Crippen molar-refractivity contribution in [2.24, 2.45) is 0 Å². The number of rotatable bonds is 1. The topological polar surface area (TPSA) is 53.0 Å². The van der Waals surface area contributed by atoms with Gasteiger partial charge < -0.3 is 14.7 Å². The third kappa shape index (κ3) is 3.10. The summed E-state index contributed by atoms with van der Waals surface area (Å²) in [7, 11) is 0. The summed E-state index contributed by atoms with van der Waals surface area (Å²) in [6.07, 6.45) is 0.746. The second kappa shape index (κ2) is 5.27. The zero-order valence-electron chi connectivity index (χ0n) is 11.3. The summed E-state index contributed by atoms with van der Waals surface area (Å²) in [4.78, 5) is 14.0. The van der Waals surface area contributed by atoms with E-state index in [-0.39, 0.29) is 24.8 Å². The summed E-state index contributed by atoms with van der Waals surface area (Å²) in [5, 5.41) is 9.40. The largest absolute Gasteiger partial charge is 0.444 e. The Balaban J connectivity index is 2.05. The Hall–Kier alpha value is -0.460. The number of carbonyl (C=O) groups excluding carboxylic acids is 1. The Morgan fingerprint density at radius 3 is 2.78 bits per heavy atom. The molecule has 2 fully saturated rings. The number of nitrogens with zero attached hydrogens (tertiary/aromatic N) is 2. The number of carbonyl (C=O) groups is 1. The molecule has 0 aromatic heterocycles. The van der Waals surface area contributed by atoms with Gasteiger partial charge in [0.15, 0.2) is 0 Å². The van der Waals surface area contributed by atoms with Gasteiger partial charge in [-0.25, -0.2) is 9.10 Å². The molecule has 0 radical (unpaired) electrons. The molecule has 2 bridgehead atoms. The number of fused-ring (bicyclic) bond motifs is 2. The Morgan fingerprint density at radius 2 is 2.17 bits per heavy atom. The van der Waals surface area contributed by atoms with Crippen molar-refractivity contribution < 1.29 is 14.6 Å². The molecule has 0 saturated carbocycles. The van der Waals surface area contributed by atoms with Crippen LogP contribution in [0.2, 0.25) is 0 Å². The summed E-state index contributed by atoms with van der Waals surface area (Å²) in [6, 6.07) is 0.253. The maximum Gasteiger partial charge on any atom is 0.410 e. The maximum absolute atomic E-state index is 12.2. The van der Waals surface area contributed by atoms with Gasteiger partial charge in [-0.3, -0.25) is 0 Å². The molecule has 2 aliphatic heterocycles. The summed E-state index contributed by atoms with van der Waals surface area (Å²) in [6.45, 7) is 7.10. The predicted octanol–water partition coefficient (Wildman–Crippen LogP) is 1.32. The number of hydrogen-bond donors (Lipinski definition) is 1. The van der Waals surface area contributed by atoms with Gasteiger partial charge in [-0.15, -0.1) is 0 Å². The molecule has 1 unspecified atom stereocenters. The van der Waals surface area contributed by atoms with Gasteiger partial charge in [0.2, 0.25) is 0 Å². The highest BCUT2D eigenvalue weighted by Crippen LogP contribution is 2.31. The van der Waals surface area contributed by atoms with Crippen LogP contribution < -0.4 is 0 Å². The van der Waals surface area contributed by atoms with Crippen molar-refractivity contribution in [3.8, 4) is 0 Å². The van der Waals surface area contributed by atoms with Crippen molar-refractivity contribution in [1.29, 1.82) is 0 Å². The van der Waals surface area contributed by atoms with Crippen molar-refractivity contribution in [2.45, 2.75) is 44.9 Å². The van der Waals surface area contributed by atoms with Crippen LogP contribution in [0.3, 0.4) is 0 Å². The SMILES string of the molecule is CC(C)(C)OC(=O)N1C[C@H](CO)N2C[C@H]1CCS2. The number of ether oxygens (including phenoxy) is 1. The first kappa shape index (κ1) is 14.0. The molecule has 0 aromatic rings. The van der Waals surface area contributed by atoms with E-state index in [9.17, 15) is 9.90 Å². The second-order valence-electron chi connectivity index (χ2n) is 5.84. The average Bonchev–Trinajstić information content (AvgIpc) is 2.27. The van der Waals surface area contributed by atoms with Gasteiger partial charge in [-0.2, -0.15) is 0 Å². The van der Waals surface area contributed by atoms with Gasteiger partial charge >= 0.3 is 6.09 Å². The van der Waals surface area contributed by atoms with E-state index in [0.29, 0.717) is 6.54 Å². The summed E-state index contributed by atoms with van der Waals surface area (Å²) >= 11 is 1.77. The Bertz CT molecular complexity index is 319. The van der Waals surface area contributed by atoms with Gasteiger partial charge in [-0.1, -0.05) is 11.9 Å². The van der Waals surface area contributed by atoms with E-state index in [0.717, 1.165) is 18.7 Å². The third-order valence-electron chi connectivity index (χ3n) is 3.19. The van der Waals surface area contributed by atoms with Gasteiger partial charge in [-0.05, 0) is 27.2 Å². The monoisotopic (exact) mass is 274 g/mol. The standard InChI is InChI=1S/C12H22N2O3S/c1-12(2,3)17-11(16)13-6-10(8-15)14-7-9(13)4-5-18-14/h9-10,15H,4-8H2,1-3H3/t9-,10-/m1/s1. The highest BCUT2D eigenvalue weighted by Gasteiger charge is 2.40. The van der Waals surface area contributed by atoms with Gasteiger partial charge in [0.25, 0.3) is 0 Å². The molecule has 0 spiro atoms.